The van der Waals surface area contributed by atoms with Crippen molar-refractivity contribution in [2.45, 2.75) is 38.6 Å². The lowest BCUT2D eigenvalue weighted by Crippen LogP contribution is -2.36. The summed E-state index contributed by atoms with van der Waals surface area (Å²) < 4.78 is 0. The van der Waals surface area contributed by atoms with E-state index in [0.717, 1.165) is 48.5 Å². The number of para-hydroxylation sites is 2. The van der Waals surface area contributed by atoms with Crippen molar-refractivity contribution in [1.82, 2.24) is 25.2 Å². The fourth-order valence-corrected chi connectivity index (χ4v) is 3.80. The molecule has 2 N–H and O–H groups in total. The Hall–Kier alpha value is -3.22. The molecule has 2 amide bonds. The number of likely N-dealkylation sites (tertiary alicyclic amines) is 1. The number of pyridine rings is 1. The molecule has 0 radical (unpaired) electrons. The van der Waals surface area contributed by atoms with Crippen LogP contribution in [0, 0.1) is 0 Å². The predicted octanol–water partition coefficient (Wildman–Crippen LogP) is 3.17. The maximum absolute atomic E-state index is 12.6. The van der Waals surface area contributed by atoms with Crippen LogP contribution in [0.5, 0.6) is 0 Å². The SMILES string of the molecule is CC(=O)N1CCC(c2ccc(C(=O)NC(C)c3nc4ccccc4[nH]3)cn2)CC1. The summed E-state index contributed by atoms with van der Waals surface area (Å²) in [6.07, 6.45) is 3.44. The van der Waals surface area contributed by atoms with E-state index in [1.807, 2.05) is 48.2 Å². The second-order valence-corrected chi connectivity index (χ2v) is 7.59. The van der Waals surface area contributed by atoms with Crippen LogP contribution in [0.1, 0.15) is 60.5 Å². The van der Waals surface area contributed by atoms with Crippen LogP contribution in [0.2, 0.25) is 0 Å². The molecule has 7 nitrogen and oxygen atoms in total. The number of hydrogen-bond donors (Lipinski definition) is 2. The number of carbonyl (C=O) groups excluding carboxylic acids is 2. The van der Waals surface area contributed by atoms with Gasteiger partial charge in [0.05, 0.1) is 22.6 Å². The zero-order valence-corrected chi connectivity index (χ0v) is 16.7. The molecule has 1 unspecified atom stereocenters. The van der Waals surface area contributed by atoms with Crippen molar-refractivity contribution in [3.63, 3.8) is 0 Å². The van der Waals surface area contributed by atoms with Gasteiger partial charge in [-0.15, -0.1) is 0 Å². The van der Waals surface area contributed by atoms with Gasteiger partial charge in [0.25, 0.3) is 5.91 Å². The summed E-state index contributed by atoms with van der Waals surface area (Å²) in [5.41, 5.74) is 3.34. The lowest BCUT2D eigenvalue weighted by Gasteiger charge is -2.31. The second-order valence-electron chi connectivity index (χ2n) is 7.59. The molecule has 150 valence electrons. The Bertz CT molecular complexity index is 986. The van der Waals surface area contributed by atoms with Crippen molar-refractivity contribution >= 4 is 22.8 Å². The molecule has 4 rings (SSSR count). The number of rotatable bonds is 4. The Morgan fingerprint density at radius 3 is 2.59 bits per heavy atom. The van der Waals surface area contributed by atoms with Gasteiger partial charge in [-0.1, -0.05) is 12.1 Å². The minimum absolute atomic E-state index is 0.127. The van der Waals surface area contributed by atoms with Crippen molar-refractivity contribution in [3.8, 4) is 0 Å². The number of aromatic nitrogens is 3. The Morgan fingerprint density at radius 2 is 1.93 bits per heavy atom. The van der Waals surface area contributed by atoms with Crippen LogP contribution < -0.4 is 5.32 Å². The number of H-pyrrole nitrogens is 1. The Balaban J connectivity index is 1.38. The zero-order chi connectivity index (χ0) is 20.4. The zero-order valence-electron chi connectivity index (χ0n) is 16.7. The topological polar surface area (TPSA) is 91.0 Å². The Morgan fingerprint density at radius 1 is 1.17 bits per heavy atom. The molecule has 0 saturated carbocycles. The molecule has 3 aromatic rings. The molecule has 1 fully saturated rings. The van der Waals surface area contributed by atoms with Gasteiger partial charge in [-0.05, 0) is 44.0 Å². The van der Waals surface area contributed by atoms with E-state index in [2.05, 4.69) is 20.3 Å². The van der Waals surface area contributed by atoms with Crippen molar-refractivity contribution in [2.24, 2.45) is 0 Å². The summed E-state index contributed by atoms with van der Waals surface area (Å²) >= 11 is 0. The summed E-state index contributed by atoms with van der Waals surface area (Å²) in [7, 11) is 0. The lowest BCUT2D eigenvalue weighted by atomic mass is 9.93. The van der Waals surface area contributed by atoms with E-state index in [9.17, 15) is 9.59 Å². The molecule has 3 heterocycles. The van der Waals surface area contributed by atoms with Crippen molar-refractivity contribution < 1.29 is 9.59 Å². The van der Waals surface area contributed by atoms with E-state index in [0.29, 0.717) is 11.5 Å². The van der Waals surface area contributed by atoms with Crippen LogP contribution in [0.4, 0.5) is 0 Å². The van der Waals surface area contributed by atoms with E-state index in [1.54, 1.807) is 13.1 Å². The first kappa shape index (κ1) is 19.1. The average Bonchev–Trinajstić information content (AvgIpc) is 3.18. The van der Waals surface area contributed by atoms with Crippen LogP contribution in [-0.4, -0.2) is 44.8 Å². The van der Waals surface area contributed by atoms with Gasteiger partial charge in [-0.25, -0.2) is 4.98 Å². The van der Waals surface area contributed by atoms with E-state index in [1.165, 1.54) is 0 Å². The quantitative estimate of drug-likeness (QED) is 0.715. The van der Waals surface area contributed by atoms with Gasteiger partial charge in [0.1, 0.15) is 5.82 Å². The van der Waals surface area contributed by atoms with Crippen molar-refractivity contribution in [2.75, 3.05) is 13.1 Å². The van der Waals surface area contributed by atoms with Crippen molar-refractivity contribution in [3.05, 3.63) is 59.7 Å². The number of fused-ring (bicyclic) bond motifs is 1. The molecule has 2 aromatic heterocycles. The van der Waals surface area contributed by atoms with Gasteiger partial charge >= 0.3 is 0 Å². The Labute approximate surface area is 169 Å². The first-order valence-electron chi connectivity index (χ1n) is 9.98. The standard InChI is InChI=1S/C22H25N5O2/c1-14(21-25-19-5-3-4-6-20(19)26-21)24-22(29)17-7-8-18(23-13-17)16-9-11-27(12-10-16)15(2)28/h3-8,13-14,16H,9-12H2,1-2H3,(H,24,29)(H,25,26). The summed E-state index contributed by atoms with van der Waals surface area (Å²) in [6.45, 7) is 5.04. The first-order chi connectivity index (χ1) is 14.0. The molecule has 1 aliphatic rings. The predicted molar refractivity (Wildman–Crippen MR) is 110 cm³/mol. The van der Waals surface area contributed by atoms with Crippen LogP contribution in [0.25, 0.3) is 11.0 Å². The second kappa shape index (κ2) is 8.03. The van der Waals surface area contributed by atoms with Gasteiger partial charge in [0.2, 0.25) is 5.91 Å². The third-order valence-electron chi connectivity index (χ3n) is 5.57. The van der Waals surface area contributed by atoms with E-state index in [4.69, 9.17) is 0 Å². The van der Waals surface area contributed by atoms with Gasteiger partial charge in [-0.2, -0.15) is 0 Å². The Kier molecular flexibility index (Phi) is 5.29. The summed E-state index contributed by atoms with van der Waals surface area (Å²) in [5.74, 6) is 1.00. The molecule has 7 heteroatoms. The number of nitrogens with one attached hydrogen (secondary N) is 2. The van der Waals surface area contributed by atoms with Crippen LogP contribution >= 0.6 is 0 Å². The molecule has 0 aliphatic carbocycles. The number of hydrogen-bond acceptors (Lipinski definition) is 4. The number of benzene rings is 1. The van der Waals surface area contributed by atoms with Crippen LogP contribution in [0.3, 0.4) is 0 Å². The van der Waals surface area contributed by atoms with Gasteiger partial charge in [0, 0.05) is 37.8 Å². The number of nitrogens with zero attached hydrogens (tertiary/aromatic N) is 3. The third kappa shape index (κ3) is 4.13. The maximum atomic E-state index is 12.6. The van der Waals surface area contributed by atoms with Crippen molar-refractivity contribution in [1.29, 1.82) is 0 Å². The monoisotopic (exact) mass is 391 g/mol. The summed E-state index contributed by atoms with van der Waals surface area (Å²) in [5, 5.41) is 2.97. The minimum atomic E-state index is -0.245. The summed E-state index contributed by atoms with van der Waals surface area (Å²) in [6, 6.07) is 11.3. The normalized spacial score (nSPS) is 16.0. The van der Waals surface area contributed by atoms with Crippen LogP contribution in [0.15, 0.2) is 42.6 Å². The number of carbonyl (C=O) groups is 2. The molecule has 0 bridgehead atoms. The summed E-state index contributed by atoms with van der Waals surface area (Å²) in [4.78, 5) is 38.3. The number of aromatic amines is 1. The highest BCUT2D eigenvalue weighted by Crippen LogP contribution is 2.26. The number of amides is 2. The maximum Gasteiger partial charge on any atom is 0.253 e. The number of piperidine rings is 1. The first-order valence-corrected chi connectivity index (χ1v) is 9.98. The van der Waals surface area contributed by atoms with E-state index < -0.39 is 0 Å². The van der Waals surface area contributed by atoms with Gasteiger partial charge in [0.15, 0.2) is 0 Å². The van der Waals surface area contributed by atoms with E-state index in [-0.39, 0.29) is 17.9 Å². The molecule has 29 heavy (non-hydrogen) atoms. The largest absolute Gasteiger partial charge is 0.343 e. The number of imidazole rings is 1. The molecule has 1 saturated heterocycles. The molecular formula is C22H25N5O2. The highest BCUT2D eigenvalue weighted by atomic mass is 16.2. The molecular weight excluding hydrogens is 366 g/mol. The fraction of sp³-hybridized carbons (Fsp3) is 0.364. The fourth-order valence-electron chi connectivity index (χ4n) is 3.80. The van der Waals surface area contributed by atoms with Gasteiger partial charge in [-0.3, -0.25) is 14.6 Å². The highest BCUT2D eigenvalue weighted by molar-refractivity contribution is 5.94. The van der Waals surface area contributed by atoms with E-state index >= 15 is 0 Å². The highest BCUT2D eigenvalue weighted by Gasteiger charge is 2.23. The molecule has 1 atom stereocenters. The molecule has 1 aromatic carbocycles. The van der Waals surface area contributed by atoms with Crippen LogP contribution in [-0.2, 0) is 4.79 Å². The average molecular weight is 391 g/mol. The van der Waals surface area contributed by atoms with Gasteiger partial charge < -0.3 is 15.2 Å². The smallest absolute Gasteiger partial charge is 0.253 e. The molecule has 0 spiro atoms. The molecule has 1 aliphatic heterocycles. The minimum Gasteiger partial charge on any atom is -0.343 e. The third-order valence-corrected chi connectivity index (χ3v) is 5.57. The lowest BCUT2D eigenvalue weighted by molar-refractivity contribution is -0.129.